The first-order valence-electron chi connectivity index (χ1n) is 12.4. The zero-order valence-corrected chi connectivity index (χ0v) is 21.1. The molecule has 0 saturated heterocycles. The number of fused-ring (bicyclic) bond motifs is 1. The topological polar surface area (TPSA) is 65.7 Å². The van der Waals surface area contributed by atoms with E-state index in [1.165, 1.54) is 6.08 Å². The van der Waals surface area contributed by atoms with Gasteiger partial charge in [0.2, 0.25) is 0 Å². The van der Waals surface area contributed by atoms with Gasteiger partial charge in [0.1, 0.15) is 28.4 Å². The number of aryl methyl sites for hydroxylation is 1. The Morgan fingerprint density at radius 2 is 1.61 bits per heavy atom. The standard InChI is InChI=1S/C33H26O5/c1-3-36-26-18-20-30-27(21-26)31(32(37-30)25-10-5-4-6-11-25)33(35)38-29-12-8-7-9-24(29)17-19-28(34)23-15-13-22(2)14-16-23/h4-21H,3H2,1-2H3. The van der Waals surface area contributed by atoms with Crippen LogP contribution in [0.3, 0.4) is 0 Å². The van der Waals surface area contributed by atoms with Crippen molar-refractivity contribution in [1.29, 1.82) is 0 Å². The number of esters is 1. The fourth-order valence-electron chi connectivity index (χ4n) is 4.17. The molecule has 5 rings (SSSR count). The van der Waals surface area contributed by atoms with Gasteiger partial charge in [-0.05, 0) is 50.3 Å². The summed E-state index contributed by atoms with van der Waals surface area (Å²) >= 11 is 0. The van der Waals surface area contributed by atoms with Crippen LogP contribution in [-0.4, -0.2) is 18.4 Å². The molecule has 0 aliphatic rings. The van der Waals surface area contributed by atoms with E-state index in [1.807, 2.05) is 68.4 Å². The summed E-state index contributed by atoms with van der Waals surface area (Å²) in [6.45, 7) is 4.37. The SMILES string of the molecule is CCOc1ccc2oc(-c3ccccc3)c(C(=O)Oc3ccccc3C=CC(=O)c3ccc(C)cc3)c2c1. The normalized spacial score (nSPS) is 11.1. The number of para-hydroxylation sites is 1. The number of hydrogen-bond donors (Lipinski definition) is 0. The number of furan rings is 1. The molecule has 5 nitrogen and oxygen atoms in total. The van der Waals surface area contributed by atoms with Crippen LogP contribution in [0.25, 0.3) is 28.4 Å². The molecule has 1 heterocycles. The fourth-order valence-corrected chi connectivity index (χ4v) is 4.17. The van der Waals surface area contributed by atoms with Crippen LogP contribution in [-0.2, 0) is 0 Å². The van der Waals surface area contributed by atoms with Crippen LogP contribution in [0, 0.1) is 6.92 Å². The smallest absolute Gasteiger partial charge is 0.348 e. The molecule has 0 aliphatic carbocycles. The Morgan fingerprint density at radius 3 is 2.37 bits per heavy atom. The van der Waals surface area contributed by atoms with E-state index < -0.39 is 5.97 Å². The molecule has 4 aromatic carbocycles. The highest BCUT2D eigenvalue weighted by atomic mass is 16.5. The largest absolute Gasteiger partial charge is 0.494 e. The van der Waals surface area contributed by atoms with Gasteiger partial charge in [0.25, 0.3) is 0 Å². The second kappa shape index (κ2) is 11.0. The van der Waals surface area contributed by atoms with Crippen molar-refractivity contribution in [2.24, 2.45) is 0 Å². The van der Waals surface area contributed by atoms with Crippen LogP contribution in [0.4, 0.5) is 0 Å². The van der Waals surface area contributed by atoms with Crippen molar-refractivity contribution in [1.82, 2.24) is 0 Å². The Kier molecular flexibility index (Phi) is 7.18. The number of hydrogen-bond acceptors (Lipinski definition) is 5. The van der Waals surface area contributed by atoms with E-state index in [4.69, 9.17) is 13.9 Å². The van der Waals surface area contributed by atoms with E-state index in [-0.39, 0.29) is 5.78 Å². The average Bonchev–Trinajstić information content (AvgIpc) is 3.32. The van der Waals surface area contributed by atoms with Gasteiger partial charge in [-0.1, -0.05) is 78.4 Å². The molecule has 0 radical (unpaired) electrons. The number of carbonyl (C=O) groups excluding carboxylic acids is 2. The predicted octanol–water partition coefficient (Wildman–Crippen LogP) is 7.92. The predicted molar refractivity (Wildman–Crippen MR) is 149 cm³/mol. The highest BCUT2D eigenvalue weighted by Gasteiger charge is 2.25. The number of allylic oxidation sites excluding steroid dienone is 1. The summed E-state index contributed by atoms with van der Waals surface area (Å²) < 4.78 is 17.7. The maximum absolute atomic E-state index is 13.7. The minimum absolute atomic E-state index is 0.137. The van der Waals surface area contributed by atoms with Crippen molar-refractivity contribution in [3.8, 4) is 22.8 Å². The van der Waals surface area contributed by atoms with Gasteiger partial charge in [-0.25, -0.2) is 4.79 Å². The van der Waals surface area contributed by atoms with Gasteiger partial charge >= 0.3 is 5.97 Å². The number of ether oxygens (including phenoxy) is 2. The summed E-state index contributed by atoms with van der Waals surface area (Å²) in [5.74, 6) is 0.678. The maximum atomic E-state index is 13.7. The summed E-state index contributed by atoms with van der Waals surface area (Å²) in [4.78, 5) is 26.3. The van der Waals surface area contributed by atoms with Crippen LogP contribution in [0.15, 0.2) is 108 Å². The molecule has 0 saturated carbocycles. The summed E-state index contributed by atoms with van der Waals surface area (Å²) in [5, 5.41) is 0.599. The first kappa shape index (κ1) is 24.8. The van der Waals surface area contributed by atoms with Gasteiger partial charge < -0.3 is 13.9 Å². The van der Waals surface area contributed by atoms with Gasteiger partial charge in [0.05, 0.1) is 6.61 Å². The van der Waals surface area contributed by atoms with Crippen LogP contribution in [0.2, 0.25) is 0 Å². The van der Waals surface area contributed by atoms with Crippen molar-refractivity contribution in [3.05, 3.63) is 125 Å². The monoisotopic (exact) mass is 502 g/mol. The van der Waals surface area contributed by atoms with E-state index in [9.17, 15) is 9.59 Å². The maximum Gasteiger partial charge on any atom is 0.348 e. The minimum Gasteiger partial charge on any atom is -0.494 e. The third-order valence-electron chi connectivity index (χ3n) is 6.08. The minimum atomic E-state index is -0.568. The molecule has 0 unspecified atom stereocenters. The number of benzene rings is 4. The lowest BCUT2D eigenvalue weighted by atomic mass is 10.1. The second-order valence-corrected chi connectivity index (χ2v) is 8.75. The van der Waals surface area contributed by atoms with Crippen LogP contribution in [0.1, 0.15) is 38.8 Å². The lowest BCUT2D eigenvalue weighted by Crippen LogP contribution is -2.10. The average molecular weight is 503 g/mol. The highest BCUT2D eigenvalue weighted by Crippen LogP contribution is 2.36. The van der Waals surface area contributed by atoms with Crippen LogP contribution < -0.4 is 9.47 Å². The summed E-state index contributed by atoms with van der Waals surface area (Å²) in [7, 11) is 0. The Morgan fingerprint density at radius 1 is 0.868 bits per heavy atom. The summed E-state index contributed by atoms with van der Waals surface area (Å²) in [6.07, 6.45) is 3.14. The van der Waals surface area contributed by atoms with Crippen molar-refractivity contribution in [2.45, 2.75) is 13.8 Å². The first-order valence-corrected chi connectivity index (χ1v) is 12.4. The van der Waals surface area contributed by atoms with Gasteiger partial charge in [-0.3, -0.25) is 4.79 Å². The lowest BCUT2D eigenvalue weighted by Gasteiger charge is -2.09. The van der Waals surface area contributed by atoms with E-state index in [2.05, 4.69) is 0 Å². The van der Waals surface area contributed by atoms with Crippen molar-refractivity contribution in [2.75, 3.05) is 6.61 Å². The van der Waals surface area contributed by atoms with Crippen LogP contribution in [0.5, 0.6) is 11.5 Å². The fraction of sp³-hybridized carbons (Fsp3) is 0.0909. The van der Waals surface area contributed by atoms with E-state index in [0.29, 0.717) is 51.5 Å². The molecular weight excluding hydrogens is 476 g/mol. The third kappa shape index (κ3) is 5.27. The Bertz CT molecular complexity index is 1630. The molecule has 0 N–H and O–H groups in total. The van der Waals surface area contributed by atoms with Gasteiger partial charge in [-0.15, -0.1) is 0 Å². The molecular formula is C33H26O5. The van der Waals surface area contributed by atoms with Crippen molar-refractivity contribution >= 4 is 28.8 Å². The third-order valence-corrected chi connectivity index (χ3v) is 6.08. The van der Waals surface area contributed by atoms with Crippen LogP contribution >= 0.6 is 0 Å². The summed E-state index contributed by atoms with van der Waals surface area (Å²) in [6, 6.07) is 29.3. The van der Waals surface area contributed by atoms with E-state index in [1.54, 1.807) is 48.5 Å². The Labute approximate surface area is 220 Å². The van der Waals surface area contributed by atoms with E-state index in [0.717, 1.165) is 11.1 Å². The van der Waals surface area contributed by atoms with Gasteiger partial charge in [-0.2, -0.15) is 0 Å². The molecule has 0 amide bonds. The number of rotatable bonds is 8. The molecule has 0 spiro atoms. The molecule has 0 aliphatic heterocycles. The highest BCUT2D eigenvalue weighted by molar-refractivity contribution is 6.10. The molecule has 38 heavy (non-hydrogen) atoms. The van der Waals surface area contributed by atoms with Gasteiger partial charge in [0.15, 0.2) is 5.78 Å². The number of ketones is 1. The van der Waals surface area contributed by atoms with Crippen molar-refractivity contribution < 1.29 is 23.5 Å². The Balaban J connectivity index is 1.50. The van der Waals surface area contributed by atoms with Crippen molar-refractivity contribution in [3.63, 3.8) is 0 Å². The molecule has 0 bridgehead atoms. The quantitative estimate of drug-likeness (QED) is 0.0933. The zero-order chi connectivity index (χ0) is 26.5. The first-order chi connectivity index (χ1) is 18.5. The zero-order valence-electron chi connectivity index (χ0n) is 21.1. The molecule has 188 valence electrons. The molecule has 5 heteroatoms. The Hall–Kier alpha value is -4.90. The molecule has 5 aromatic rings. The molecule has 1 aromatic heterocycles. The molecule has 0 fully saturated rings. The van der Waals surface area contributed by atoms with Gasteiger partial charge in [0, 0.05) is 22.1 Å². The van der Waals surface area contributed by atoms with E-state index >= 15 is 0 Å². The lowest BCUT2D eigenvalue weighted by molar-refractivity contribution is 0.0736. The number of carbonyl (C=O) groups is 2. The summed E-state index contributed by atoms with van der Waals surface area (Å²) in [5.41, 5.74) is 3.89. The molecule has 0 atom stereocenters. The second-order valence-electron chi connectivity index (χ2n) is 8.75.